The highest BCUT2D eigenvalue weighted by Crippen LogP contribution is 2.35. The van der Waals surface area contributed by atoms with Gasteiger partial charge in [0.25, 0.3) is 11.8 Å². The van der Waals surface area contributed by atoms with Crippen LogP contribution in [0.25, 0.3) is 11.6 Å². The van der Waals surface area contributed by atoms with E-state index in [1.165, 1.54) is 5.56 Å². The third kappa shape index (κ3) is 5.55. The minimum atomic E-state index is -0.183. The van der Waals surface area contributed by atoms with Crippen molar-refractivity contribution in [3.8, 4) is 0 Å². The highest BCUT2D eigenvalue weighted by molar-refractivity contribution is 6.36. The second-order valence-corrected chi connectivity index (χ2v) is 10.7. The predicted molar refractivity (Wildman–Crippen MR) is 153 cm³/mol. The fourth-order valence-corrected chi connectivity index (χ4v) is 5.54. The van der Waals surface area contributed by atoms with Crippen LogP contribution in [0.5, 0.6) is 0 Å². The van der Waals surface area contributed by atoms with Gasteiger partial charge in [0.2, 0.25) is 0 Å². The Morgan fingerprint density at radius 2 is 1.84 bits per heavy atom. The van der Waals surface area contributed by atoms with Crippen LogP contribution in [0.4, 0.5) is 5.69 Å². The zero-order valence-corrected chi connectivity index (χ0v) is 22.9. The molecule has 0 radical (unpaired) electrons. The molecule has 1 saturated heterocycles. The molecule has 0 saturated carbocycles. The summed E-state index contributed by atoms with van der Waals surface area (Å²) >= 11 is 6.16. The number of amides is 2. The van der Waals surface area contributed by atoms with Gasteiger partial charge in [0, 0.05) is 73.0 Å². The first-order valence-electron chi connectivity index (χ1n) is 13.1. The van der Waals surface area contributed by atoms with E-state index in [-0.39, 0.29) is 17.9 Å². The fraction of sp³-hybridized carbons (Fsp3) is 0.333. The molecule has 198 valence electrons. The molecule has 1 fully saturated rings. The molecule has 7 nitrogen and oxygen atoms in total. The van der Waals surface area contributed by atoms with Gasteiger partial charge >= 0.3 is 0 Å². The molecule has 8 heteroatoms. The lowest BCUT2D eigenvalue weighted by Gasteiger charge is -2.38. The SMILES string of the molecule is Cc1[nH]c(/C=C2\C(=O)Nc3ccc(Cl)cc32)c(C)c1C(=O)NCC(C)N1CCN(Cc2ccccc2)CC1. The monoisotopic (exact) mass is 531 g/mol. The van der Waals surface area contributed by atoms with Gasteiger partial charge < -0.3 is 15.6 Å². The smallest absolute Gasteiger partial charge is 0.256 e. The van der Waals surface area contributed by atoms with Crippen LogP contribution in [0.3, 0.4) is 0 Å². The number of piperazine rings is 1. The average molecular weight is 532 g/mol. The van der Waals surface area contributed by atoms with E-state index in [4.69, 9.17) is 11.6 Å². The van der Waals surface area contributed by atoms with Gasteiger partial charge in [-0.15, -0.1) is 0 Å². The number of hydrogen-bond donors (Lipinski definition) is 3. The molecular weight excluding hydrogens is 498 g/mol. The van der Waals surface area contributed by atoms with Crippen LogP contribution >= 0.6 is 11.6 Å². The Kier molecular flexibility index (Phi) is 7.70. The van der Waals surface area contributed by atoms with Crippen molar-refractivity contribution in [3.63, 3.8) is 0 Å². The van der Waals surface area contributed by atoms with Crippen molar-refractivity contribution in [1.29, 1.82) is 0 Å². The zero-order chi connectivity index (χ0) is 26.8. The van der Waals surface area contributed by atoms with Crippen LogP contribution in [0.2, 0.25) is 5.02 Å². The summed E-state index contributed by atoms with van der Waals surface area (Å²) in [6, 6.07) is 16.1. The Morgan fingerprint density at radius 1 is 1.11 bits per heavy atom. The average Bonchev–Trinajstić information content (AvgIpc) is 3.37. The molecule has 3 aromatic rings. The molecule has 1 unspecified atom stereocenters. The van der Waals surface area contributed by atoms with Crippen molar-refractivity contribution >= 4 is 40.8 Å². The maximum Gasteiger partial charge on any atom is 0.256 e. The minimum absolute atomic E-state index is 0.102. The van der Waals surface area contributed by atoms with Crippen molar-refractivity contribution in [1.82, 2.24) is 20.1 Å². The van der Waals surface area contributed by atoms with E-state index in [0.29, 0.717) is 22.7 Å². The molecule has 3 N–H and O–H groups in total. The van der Waals surface area contributed by atoms with Crippen molar-refractivity contribution in [2.75, 3.05) is 38.0 Å². The van der Waals surface area contributed by atoms with Gasteiger partial charge in [0.15, 0.2) is 0 Å². The molecule has 0 bridgehead atoms. The van der Waals surface area contributed by atoms with E-state index in [0.717, 1.165) is 60.9 Å². The highest BCUT2D eigenvalue weighted by atomic mass is 35.5. The highest BCUT2D eigenvalue weighted by Gasteiger charge is 2.26. The summed E-state index contributed by atoms with van der Waals surface area (Å²) < 4.78 is 0. The first-order valence-corrected chi connectivity index (χ1v) is 13.5. The second-order valence-electron chi connectivity index (χ2n) is 10.2. The third-order valence-corrected chi connectivity index (χ3v) is 7.83. The van der Waals surface area contributed by atoms with Crippen LogP contribution in [-0.2, 0) is 11.3 Å². The standard InChI is InChI=1S/C30H34ClN5O2/c1-19(36-13-11-35(12-14-36)18-22-7-5-4-6-8-22)17-32-30(38)28-20(2)27(33-21(28)3)16-25-24-15-23(31)9-10-26(24)34-29(25)37/h4-10,15-16,19,33H,11-14,17-18H2,1-3H3,(H,32,38)(H,34,37)/b25-16-. The number of aryl methyl sites for hydroxylation is 1. The van der Waals surface area contributed by atoms with Gasteiger partial charge in [0.1, 0.15) is 0 Å². The van der Waals surface area contributed by atoms with E-state index < -0.39 is 0 Å². The van der Waals surface area contributed by atoms with Gasteiger partial charge in [0.05, 0.1) is 11.1 Å². The summed E-state index contributed by atoms with van der Waals surface area (Å²) in [6.07, 6.45) is 1.80. The number of aromatic nitrogens is 1. The molecule has 1 atom stereocenters. The molecule has 0 spiro atoms. The molecule has 3 heterocycles. The van der Waals surface area contributed by atoms with Gasteiger partial charge in [-0.3, -0.25) is 19.4 Å². The first kappa shape index (κ1) is 26.2. The molecule has 2 amide bonds. The summed E-state index contributed by atoms with van der Waals surface area (Å²) in [7, 11) is 0. The maximum atomic E-state index is 13.2. The normalized spacial score (nSPS) is 17.9. The number of carbonyl (C=O) groups is 2. The molecule has 2 aliphatic rings. The zero-order valence-electron chi connectivity index (χ0n) is 22.1. The molecule has 1 aromatic heterocycles. The molecule has 2 aromatic carbocycles. The predicted octanol–water partition coefficient (Wildman–Crippen LogP) is 4.71. The lowest BCUT2D eigenvalue weighted by molar-refractivity contribution is -0.110. The Morgan fingerprint density at radius 3 is 2.58 bits per heavy atom. The maximum absolute atomic E-state index is 13.2. The van der Waals surface area contributed by atoms with Gasteiger partial charge in [-0.25, -0.2) is 0 Å². The third-order valence-electron chi connectivity index (χ3n) is 7.59. The number of nitrogens with zero attached hydrogens (tertiary/aromatic N) is 2. The van der Waals surface area contributed by atoms with Gasteiger partial charge in [-0.1, -0.05) is 41.9 Å². The number of anilines is 1. The summed E-state index contributed by atoms with van der Waals surface area (Å²) in [5, 5.41) is 6.57. The first-order chi connectivity index (χ1) is 18.3. The van der Waals surface area contributed by atoms with Crippen LogP contribution < -0.4 is 10.6 Å². The van der Waals surface area contributed by atoms with Gasteiger partial charge in [-0.2, -0.15) is 0 Å². The lowest BCUT2D eigenvalue weighted by atomic mass is 10.0. The Balaban J connectivity index is 1.20. The van der Waals surface area contributed by atoms with E-state index >= 15 is 0 Å². The van der Waals surface area contributed by atoms with Crippen LogP contribution in [0.15, 0.2) is 48.5 Å². The molecular formula is C30H34ClN5O2. The molecule has 5 rings (SSSR count). The number of nitrogens with one attached hydrogen (secondary N) is 3. The summed E-state index contributed by atoms with van der Waals surface area (Å²) in [6.45, 7) is 11.5. The number of benzene rings is 2. The molecule has 0 aliphatic carbocycles. The molecule has 38 heavy (non-hydrogen) atoms. The minimum Gasteiger partial charge on any atom is -0.358 e. The number of H-pyrrole nitrogens is 1. The van der Waals surface area contributed by atoms with E-state index in [1.807, 2.05) is 13.8 Å². The van der Waals surface area contributed by atoms with Crippen LogP contribution in [-0.4, -0.2) is 65.4 Å². The number of halogens is 1. The number of rotatable bonds is 7. The van der Waals surface area contributed by atoms with Crippen LogP contribution in [0, 0.1) is 13.8 Å². The van der Waals surface area contributed by atoms with E-state index in [9.17, 15) is 9.59 Å². The number of hydrogen-bond acceptors (Lipinski definition) is 4. The van der Waals surface area contributed by atoms with Crippen LogP contribution in [0.1, 0.15) is 45.4 Å². The topological polar surface area (TPSA) is 80.5 Å². The summed E-state index contributed by atoms with van der Waals surface area (Å²) in [5.74, 6) is -0.285. The largest absolute Gasteiger partial charge is 0.358 e. The molecule has 2 aliphatic heterocycles. The van der Waals surface area contributed by atoms with E-state index in [1.54, 1.807) is 24.3 Å². The van der Waals surface area contributed by atoms with Crippen molar-refractivity contribution in [2.24, 2.45) is 0 Å². The van der Waals surface area contributed by atoms with E-state index in [2.05, 4.69) is 62.7 Å². The van der Waals surface area contributed by atoms with Crippen molar-refractivity contribution in [2.45, 2.75) is 33.4 Å². The van der Waals surface area contributed by atoms with Crippen molar-refractivity contribution < 1.29 is 9.59 Å². The second kappa shape index (κ2) is 11.2. The Bertz CT molecular complexity index is 1370. The van der Waals surface area contributed by atoms with Crippen molar-refractivity contribution in [3.05, 3.63) is 87.2 Å². The summed E-state index contributed by atoms with van der Waals surface area (Å²) in [5.41, 5.74) is 6.33. The Hall–Kier alpha value is -3.39. The Labute approximate surface area is 228 Å². The summed E-state index contributed by atoms with van der Waals surface area (Å²) in [4.78, 5) is 34.0. The fourth-order valence-electron chi connectivity index (χ4n) is 5.37. The van der Waals surface area contributed by atoms with Gasteiger partial charge in [-0.05, 0) is 56.2 Å². The number of fused-ring (bicyclic) bond motifs is 1. The number of aromatic amines is 1. The lowest BCUT2D eigenvalue weighted by Crippen LogP contribution is -2.52. The number of carbonyl (C=O) groups excluding carboxylic acids is 2. The quantitative estimate of drug-likeness (QED) is 0.386.